The van der Waals surface area contributed by atoms with Crippen LogP contribution in [-0.2, 0) is 11.2 Å². The highest BCUT2D eigenvalue weighted by Gasteiger charge is 2.15. The molecule has 7 heteroatoms. The second-order valence-electron chi connectivity index (χ2n) is 6.26. The number of aromatic amines is 1. The number of hydrogen-bond donors (Lipinski definition) is 2. The van der Waals surface area contributed by atoms with Gasteiger partial charge in [-0.15, -0.1) is 11.3 Å². The van der Waals surface area contributed by atoms with E-state index in [1.165, 1.54) is 0 Å². The Labute approximate surface area is 169 Å². The van der Waals surface area contributed by atoms with Crippen molar-refractivity contribution in [3.63, 3.8) is 0 Å². The summed E-state index contributed by atoms with van der Waals surface area (Å²) in [6.45, 7) is 1.92. The normalized spacial score (nSPS) is 12.2. The second kappa shape index (κ2) is 7.62. The predicted octanol–water partition coefficient (Wildman–Crippen LogP) is 4.87. The van der Waals surface area contributed by atoms with Crippen LogP contribution in [0.4, 0.5) is 0 Å². The first-order chi connectivity index (χ1) is 13.1. The molecule has 0 saturated heterocycles. The standard InChI is InChI=1S/C20H17BrN4OS/c1-12(19-24-16-7-2-3-8-17(16)25-19)22-18(26)10-15-11-27-20(23-15)13-5-4-6-14(21)9-13/h2-9,11-12H,10H2,1H3,(H,22,26)(H,24,25)/t12-/m0/s1. The number of H-pyrrole nitrogens is 1. The first kappa shape index (κ1) is 17.9. The van der Waals surface area contributed by atoms with E-state index in [1.807, 2.05) is 60.8 Å². The number of nitrogens with one attached hydrogen (secondary N) is 2. The monoisotopic (exact) mass is 440 g/mol. The molecule has 0 aliphatic heterocycles. The van der Waals surface area contributed by atoms with Gasteiger partial charge >= 0.3 is 0 Å². The highest BCUT2D eigenvalue weighted by atomic mass is 79.9. The summed E-state index contributed by atoms with van der Waals surface area (Å²) in [7, 11) is 0. The smallest absolute Gasteiger partial charge is 0.226 e. The van der Waals surface area contributed by atoms with E-state index >= 15 is 0 Å². The summed E-state index contributed by atoms with van der Waals surface area (Å²) in [5.74, 6) is 0.673. The number of amides is 1. The zero-order chi connectivity index (χ0) is 18.8. The van der Waals surface area contributed by atoms with Crippen molar-refractivity contribution in [2.45, 2.75) is 19.4 Å². The predicted molar refractivity (Wildman–Crippen MR) is 112 cm³/mol. The van der Waals surface area contributed by atoms with Gasteiger partial charge in [0, 0.05) is 15.4 Å². The average molecular weight is 441 g/mol. The molecule has 27 heavy (non-hydrogen) atoms. The topological polar surface area (TPSA) is 70.7 Å². The molecule has 136 valence electrons. The molecule has 0 radical (unpaired) electrons. The number of carbonyl (C=O) groups is 1. The molecule has 2 heterocycles. The van der Waals surface area contributed by atoms with Crippen LogP contribution in [0.25, 0.3) is 21.6 Å². The van der Waals surface area contributed by atoms with Gasteiger partial charge in [-0.1, -0.05) is 40.2 Å². The van der Waals surface area contributed by atoms with Crippen molar-refractivity contribution in [1.82, 2.24) is 20.3 Å². The Morgan fingerprint density at radius 3 is 2.89 bits per heavy atom. The Kier molecular flexibility index (Phi) is 5.05. The second-order valence-corrected chi connectivity index (χ2v) is 8.03. The zero-order valence-corrected chi connectivity index (χ0v) is 17.0. The molecule has 0 aliphatic rings. The zero-order valence-electron chi connectivity index (χ0n) is 14.6. The molecule has 4 aromatic rings. The lowest BCUT2D eigenvalue weighted by atomic mass is 10.2. The highest BCUT2D eigenvalue weighted by molar-refractivity contribution is 9.10. The molecule has 2 aromatic carbocycles. The molecule has 2 aromatic heterocycles. The third-order valence-electron chi connectivity index (χ3n) is 4.16. The number of rotatable bonds is 5. The number of para-hydroxylation sites is 2. The van der Waals surface area contributed by atoms with Crippen molar-refractivity contribution in [3.05, 3.63) is 69.9 Å². The van der Waals surface area contributed by atoms with Crippen LogP contribution in [0.15, 0.2) is 58.4 Å². The number of imidazole rings is 1. The van der Waals surface area contributed by atoms with Gasteiger partial charge in [-0.3, -0.25) is 4.79 Å². The average Bonchev–Trinajstić information content (AvgIpc) is 3.28. The maximum absolute atomic E-state index is 12.4. The molecule has 0 fully saturated rings. The van der Waals surface area contributed by atoms with Crippen LogP contribution in [-0.4, -0.2) is 20.9 Å². The summed E-state index contributed by atoms with van der Waals surface area (Å²) in [4.78, 5) is 24.8. The summed E-state index contributed by atoms with van der Waals surface area (Å²) in [5.41, 5.74) is 3.67. The van der Waals surface area contributed by atoms with Crippen LogP contribution in [0.5, 0.6) is 0 Å². The fourth-order valence-corrected chi connectivity index (χ4v) is 4.06. The van der Waals surface area contributed by atoms with Gasteiger partial charge in [0.2, 0.25) is 5.91 Å². The van der Waals surface area contributed by atoms with E-state index < -0.39 is 0 Å². The third-order valence-corrected chi connectivity index (χ3v) is 5.59. The number of aromatic nitrogens is 3. The van der Waals surface area contributed by atoms with Gasteiger partial charge in [-0.25, -0.2) is 9.97 Å². The Morgan fingerprint density at radius 2 is 2.07 bits per heavy atom. The van der Waals surface area contributed by atoms with Gasteiger partial charge in [0.05, 0.1) is 29.2 Å². The molecular formula is C20H17BrN4OS. The fourth-order valence-electron chi connectivity index (χ4n) is 2.85. The van der Waals surface area contributed by atoms with E-state index in [0.717, 1.165) is 37.6 Å². The SMILES string of the molecule is C[C@H](NC(=O)Cc1csc(-c2cccc(Br)c2)n1)c1nc2ccccc2[nH]1. The van der Waals surface area contributed by atoms with Gasteiger partial charge in [-0.05, 0) is 31.2 Å². The van der Waals surface area contributed by atoms with Gasteiger partial charge in [-0.2, -0.15) is 0 Å². The number of hydrogen-bond acceptors (Lipinski definition) is 4. The van der Waals surface area contributed by atoms with Crippen LogP contribution in [0.2, 0.25) is 0 Å². The van der Waals surface area contributed by atoms with Crippen molar-refractivity contribution in [3.8, 4) is 10.6 Å². The maximum atomic E-state index is 12.4. The maximum Gasteiger partial charge on any atom is 0.226 e. The lowest BCUT2D eigenvalue weighted by Gasteiger charge is -2.10. The van der Waals surface area contributed by atoms with Crippen molar-refractivity contribution < 1.29 is 4.79 Å². The molecule has 0 unspecified atom stereocenters. The lowest BCUT2D eigenvalue weighted by Crippen LogP contribution is -2.28. The number of fused-ring (bicyclic) bond motifs is 1. The third kappa shape index (κ3) is 4.09. The van der Waals surface area contributed by atoms with Crippen molar-refractivity contribution in [2.24, 2.45) is 0 Å². The van der Waals surface area contributed by atoms with E-state index in [-0.39, 0.29) is 18.4 Å². The molecule has 1 atom stereocenters. The molecular weight excluding hydrogens is 424 g/mol. The van der Waals surface area contributed by atoms with Crippen LogP contribution >= 0.6 is 27.3 Å². The summed E-state index contributed by atoms with van der Waals surface area (Å²) < 4.78 is 1.01. The fraction of sp³-hybridized carbons (Fsp3) is 0.150. The Morgan fingerprint density at radius 1 is 1.22 bits per heavy atom. The van der Waals surface area contributed by atoms with Crippen molar-refractivity contribution >= 4 is 44.2 Å². The van der Waals surface area contributed by atoms with E-state index in [9.17, 15) is 4.79 Å². The molecule has 1 amide bonds. The van der Waals surface area contributed by atoms with E-state index in [4.69, 9.17) is 0 Å². The summed E-state index contributed by atoms with van der Waals surface area (Å²) in [6.07, 6.45) is 0.245. The first-order valence-corrected chi connectivity index (χ1v) is 10.2. The molecule has 0 bridgehead atoms. The summed E-state index contributed by atoms with van der Waals surface area (Å²) in [5, 5.41) is 5.83. The number of carbonyl (C=O) groups excluding carboxylic acids is 1. The van der Waals surface area contributed by atoms with E-state index in [1.54, 1.807) is 11.3 Å². The van der Waals surface area contributed by atoms with Gasteiger partial charge in [0.15, 0.2) is 0 Å². The molecule has 0 saturated carbocycles. The van der Waals surface area contributed by atoms with Crippen LogP contribution in [0, 0.1) is 0 Å². The van der Waals surface area contributed by atoms with Crippen LogP contribution in [0.3, 0.4) is 0 Å². The van der Waals surface area contributed by atoms with Gasteiger partial charge < -0.3 is 10.3 Å². The summed E-state index contributed by atoms with van der Waals surface area (Å²) in [6, 6.07) is 15.6. The molecule has 2 N–H and O–H groups in total. The van der Waals surface area contributed by atoms with E-state index in [0.29, 0.717) is 0 Å². The lowest BCUT2D eigenvalue weighted by molar-refractivity contribution is -0.121. The van der Waals surface area contributed by atoms with Crippen LogP contribution < -0.4 is 5.32 Å². The van der Waals surface area contributed by atoms with Crippen molar-refractivity contribution in [2.75, 3.05) is 0 Å². The minimum Gasteiger partial charge on any atom is -0.346 e. The molecule has 0 aliphatic carbocycles. The minimum absolute atomic E-state index is 0.0750. The molecule has 0 spiro atoms. The van der Waals surface area contributed by atoms with Gasteiger partial charge in [0.1, 0.15) is 10.8 Å². The number of halogens is 1. The Bertz CT molecular complexity index is 1070. The van der Waals surface area contributed by atoms with E-state index in [2.05, 4.69) is 36.2 Å². The Balaban J connectivity index is 1.42. The number of thiazole rings is 1. The number of nitrogens with zero attached hydrogens (tertiary/aromatic N) is 2. The summed E-state index contributed by atoms with van der Waals surface area (Å²) >= 11 is 5.01. The molecule has 5 nitrogen and oxygen atoms in total. The first-order valence-electron chi connectivity index (χ1n) is 8.53. The highest BCUT2D eigenvalue weighted by Crippen LogP contribution is 2.26. The number of benzene rings is 2. The quantitative estimate of drug-likeness (QED) is 0.464. The van der Waals surface area contributed by atoms with Crippen molar-refractivity contribution in [1.29, 1.82) is 0 Å². The van der Waals surface area contributed by atoms with Crippen LogP contribution in [0.1, 0.15) is 24.5 Å². The Hall–Kier alpha value is -2.51. The largest absolute Gasteiger partial charge is 0.346 e. The minimum atomic E-state index is -0.201. The molecule has 4 rings (SSSR count). The van der Waals surface area contributed by atoms with Gasteiger partial charge in [0.25, 0.3) is 0 Å².